The molecule has 0 saturated carbocycles. The molecule has 4 rings (SSSR count). The summed E-state index contributed by atoms with van der Waals surface area (Å²) in [4.78, 5) is 4.78. The summed E-state index contributed by atoms with van der Waals surface area (Å²) in [5.74, 6) is 0. The van der Waals surface area contributed by atoms with E-state index in [-0.39, 0.29) is 6.10 Å². The summed E-state index contributed by atoms with van der Waals surface area (Å²) in [6.45, 7) is 0.857. The fraction of sp³-hybridized carbons (Fsp3) is 0.571. The fourth-order valence-corrected chi connectivity index (χ4v) is 3.52. The third-order valence-electron chi connectivity index (χ3n) is 4.18. The van der Waals surface area contributed by atoms with Crippen molar-refractivity contribution >= 4 is 17.9 Å². The van der Waals surface area contributed by atoms with E-state index < -0.39 is 0 Å². The molecule has 0 radical (unpaired) electrons. The van der Waals surface area contributed by atoms with Crippen molar-refractivity contribution in [1.82, 2.24) is 14.6 Å². The molecule has 100 valence electrons. The normalized spacial score (nSPS) is 22.8. The van der Waals surface area contributed by atoms with E-state index in [1.807, 2.05) is 4.52 Å². The van der Waals surface area contributed by atoms with E-state index in [1.165, 1.54) is 24.1 Å². The van der Waals surface area contributed by atoms with Gasteiger partial charge in [-0.25, -0.2) is 9.50 Å². The Morgan fingerprint density at radius 3 is 3.05 bits per heavy atom. The number of ether oxygens (including phenoxy) is 1. The molecule has 0 spiro atoms. The number of H-pyrrole nitrogens is 1. The van der Waals surface area contributed by atoms with Crippen LogP contribution in [0.15, 0.2) is 6.07 Å². The first-order valence-electron chi connectivity index (χ1n) is 7.08. The minimum atomic E-state index is 0.188. The zero-order valence-corrected chi connectivity index (χ0v) is 11.6. The number of hydrogen-bond donors (Lipinski definition) is 1. The van der Waals surface area contributed by atoms with E-state index in [0.29, 0.717) is 0 Å². The number of nitrogens with zero attached hydrogens (tertiary/aromatic N) is 2. The zero-order chi connectivity index (χ0) is 12.8. The molecular weight excluding hydrogens is 258 g/mol. The first kappa shape index (κ1) is 11.6. The Labute approximate surface area is 116 Å². The number of rotatable bonds is 1. The molecule has 0 bridgehead atoms. The van der Waals surface area contributed by atoms with Gasteiger partial charge < -0.3 is 4.74 Å². The lowest BCUT2D eigenvalue weighted by atomic mass is 9.97. The fourth-order valence-electron chi connectivity index (χ4n) is 3.16. The first-order chi connectivity index (χ1) is 9.33. The molecule has 1 aliphatic carbocycles. The number of aryl methyl sites for hydroxylation is 1. The van der Waals surface area contributed by atoms with E-state index >= 15 is 0 Å². The maximum absolute atomic E-state index is 5.73. The smallest absolute Gasteiger partial charge is 0.154 e. The first-order valence-corrected chi connectivity index (χ1v) is 7.49. The topological polar surface area (TPSA) is 42.3 Å². The van der Waals surface area contributed by atoms with Crippen LogP contribution >= 0.6 is 12.2 Å². The monoisotopic (exact) mass is 275 g/mol. The van der Waals surface area contributed by atoms with Gasteiger partial charge in [-0.05, 0) is 38.5 Å². The number of aromatic amines is 1. The van der Waals surface area contributed by atoms with Gasteiger partial charge in [0.1, 0.15) is 4.64 Å². The van der Waals surface area contributed by atoms with Crippen LogP contribution in [0.3, 0.4) is 0 Å². The Hall–Kier alpha value is -1.20. The van der Waals surface area contributed by atoms with Crippen LogP contribution in [-0.2, 0) is 17.6 Å². The summed E-state index contributed by atoms with van der Waals surface area (Å²) in [5, 5.41) is 3.38. The maximum Gasteiger partial charge on any atom is 0.154 e. The summed E-state index contributed by atoms with van der Waals surface area (Å²) < 4.78 is 8.59. The van der Waals surface area contributed by atoms with Gasteiger partial charge in [-0.2, -0.15) is 0 Å². The number of aromatic nitrogens is 3. The molecule has 1 atom stereocenters. The molecule has 2 aliphatic rings. The van der Waals surface area contributed by atoms with Gasteiger partial charge in [0.2, 0.25) is 0 Å². The van der Waals surface area contributed by atoms with Gasteiger partial charge in [0, 0.05) is 23.9 Å². The average molecular weight is 275 g/mol. The standard InChI is InChI=1S/C14H17N3OS/c19-14-9-4-1-2-5-10(9)15-13-8-11(16-17(13)14)12-6-3-7-18-12/h8,12,16H,1-7H2. The number of nitrogens with one attached hydrogen (secondary N) is 1. The highest BCUT2D eigenvalue weighted by molar-refractivity contribution is 7.71. The number of hydrogen-bond acceptors (Lipinski definition) is 3. The van der Waals surface area contributed by atoms with Crippen molar-refractivity contribution in [1.29, 1.82) is 0 Å². The minimum absolute atomic E-state index is 0.188. The Morgan fingerprint density at radius 2 is 2.21 bits per heavy atom. The van der Waals surface area contributed by atoms with Crippen molar-refractivity contribution in [2.75, 3.05) is 6.61 Å². The largest absolute Gasteiger partial charge is 0.372 e. The summed E-state index contributed by atoms with van der Waals surface area (Å²) >= 11 is 5.62. The summed E-state index contributed by atoms with van der Waals surface area (Å²) in [6, 6.07) is 2.10. The molecule has 1 unspecified atom stereocenters. The lowest BCUT2D eigenvalue weighted by Crippen LogP contribution is -2.09. The molecular formula is C14H17N3OS. The molecule has 2 aromatic heterocycles. The summed E-state index contributed by atoms with van der Waals surface area (Å²) in [7, 11) is 0. The highest BCUT2D eigenvalue weighted by Gasteiger charge is 2.21. The third-order valence-corrected chi connectivity index (χ3v) is 4.61. The van der Waals surface area contributed by atoms with Gasteiger partial charge in [-0.3, -0.25) is 5.10 Å². The van der Waals surface area contributed by atoms with Gasteiger partial charge in [0.05, 0.1) is 11.8 Å². The van der Waals surface area contributed by atoms with E-state index in [0.717, 1.165) is 48.3 Å². The van der Waals surface area contributed by atoms with Crippen molar-refractivity contribution in [3.63, 3.8) is 0 Å². The second kappa shape index (κ2) is 4.42. The van der Waals surface area contributed by atoms with Crippen molar-refractivity contribution in [3.05, 3.63) is 27.7 Å². The Balaban J connectivity index is 1.88. The Kier molecular flexibility index (Phi) is 2.70. The van der Waals surface area contributed by atoms with Crippen LogP contribution < -0.4 is 0 Å². The Bertz CT molecular complexity index is 682. The number of fused-ring (bicyclic) bond motifs is 2. The molecule has 1 fully saturated rings. The highest BCUT2D eigenvalue weighted by Crippen LogP contribution is 2.29. The second-order valence-electron chi connectivity index (χ2n) is 5.46. The van der Waals surface area contributed by atoms with Crippen LogP contribution in [0.25, 0.3) is 5.65 Å². The van der Waals surface area contributed by atoms with Crippen molar-refractivity contribution < 1.29 is 4.74 Å². The summed E-state index contributed by atoms with van der Waals surface area (Å²) in [5.41, 5.74) is 4.52. The van der Waals surface area contributed by atoms with Crippen molar-refractivity contribution in [2.24, 2.45) is 0 Å². The maximum atomic E-state index is 5.73. The third kappa shape index (κ3) is 1.83. The average Bonchev–Trinajstić information content (AvgIpc) is 3.07. The van der Waals surface area contributed by atoms with E-state index in [4.69, 9.17) is 21.9 Å². The van der Waals surface area contributed by atoms with Gasteiger partial charge in [0.15, 0.2) is 5.65 Å². The van der Waals surface area contributed by atoms with Gasteiger partial charge in [0.25, 0.3) is 0 Å². The van der Waals surface area contributed by atoms with E-state index in [9.17, 15) is 0 Å². The lowest BCUT2D eigenvalue weighted by Gasteiger charge is -2.14. The quantitative estimate of drug-likeness (QED) is 0.813. The molecule has 1 saturated heterocycles. The molecule has 0 amide bonds. The minimum Gasteiger partial charge on any atom is -0.372 e. The zero-order valence-electron chi connectivity index (χ0n) is 10.8. The molecule has 19 heavy (non-hydrogen) atoms. The van der Waals surface area contributed by atoms with Gasteiger partial charge in [-0.1, -0.05) is 12.2 Å². The Morgan fingerprint density at radius 1 is 1.32 bits per heavy atom. The molecule has 1 N–H and O–H groups in total. The van der Waals surface area contributed by atoms with Crippen LogP contribution in [0.2, 0.25) is 0 Å². The van der Waals surface area contributed by atoms with Crippen molar-refractivity contribution in [2.45, 2.75) is 44.6 Å². The van der Waals surface area contributed by atoms with Crippen LogP contribution in [-0.4, -0.2) is 21.2 Å². The molecule has 1 aliphatic heterocycles. The van der Waals surface area contributed by atoms with Crippen LogP contribution in [0, 0.1) is 4.64 Å². The van der Waals surface area contributed by atoms with Crippen LogP contribution in [0.4, 0.5) is 0 Å². The van der Waals surface area contributed by atoms with Crippen LogP contribution in [0.5, 0.6) is 0 Å². The van der Waals surface area contributed by atoms with E-state index in [1.54, 1.807) is 0 Å². The molecule has 0 aromatic carbocycles. The highest BCUT2D eigenvalue weighted by atomic mass is 32.1. The van der Waals surface area contributed by atoms with Crippen molar-refractivity contribution in [3.8, 4) is 0 Å². The predicted octanol–water partition coefficient (Wildman–Crippen LogP) is 3.12. The second-order valence-corrected chi connectivity index (χ2v) is 5.84. The van der Waals surface area contributed by atoms with Crippen LogP contribution in [0.1, 0.15) is 48.7 Å². The molecule has 4 nitrogen and oxygen atoms in total. The van der Waals surface area contributed by atoms with Gasteiger partial charge in [-0.15, -0.1) is 0 Å². The molecule has 2 aromatic rings. The van der Waals surface area contributed by atoms with Gasteiger partial charge >= 0.3 is 0 Å². The molecule has 3 heterocycles. The molecule has 5 heteroatoms. The lowest BCUT2D eigenvalue weighted by molar-refractivity contribution is 0.108. The van der Waals surface area contributed by atoms with E-state index in [2.05, 4.69) is 11.2 Å². The summed E-state index contributed by atoms with van der Waals surface area (Å²) in [6.07, 6.45) is 6.99. The predicted molar refractivity (Wildman–Crippen MR) is 74.9 cm³/mol. The SMILES string of the molecule is S=c1c2c(nc3cc(C4CCCO4)[nH]n13)CCCC2.